The molecule has 0 spiro atoms. The first kappa shape index (κ1) is 11.2. The predicted octanol–water partition coefficient (Wildman–Crippen LogP) is 0.806. The molecule has 0 aromatic heterocycles. The Morgan fingerprint density at radius 3 is 2.58 bits per heavy atom. The topological polar surface area (TPSA) is 55.1 Å². The number of ketones is 1. The molecule has 70 valence electrons. The van der Waals surface area contributed by atoms with Crippen LogP contribution in [0.15, 0.2) is 12.3 Å². The van der Waals surface area contributed by atoms with E-state index in [0.29, 0.717) is 0 Å². The fourth-order valence-corrected chi connectivity index (χ4v) is 0.827. The van der Waals surface area contributed by atoms with Gasteiger partial charge in [0.2, 0.25) is 0 Å². The number of allylic oxidation sites excluding steroid dienone is 1. The van der Waals surface area contributed by atoms with Crippen molar-refractivity contribution in [3.63, 3.8) is 0 Å². The van der Waals surface area contributed by atoms with Gasteiger partial charge in [0.15, 0.2) is 0 Å². The van der Waals surface area contributed by atoms with Crippen LogP contribution in [0.5, 0.6) is 0 Å². The summed E-state index contributed by atoms with van der Waals surface area (Å²) in [4.78, 5) is 10.7. The summed E-state index contributed by atoms with van der Waals surface area (Å²) in [5, 5.41) is 3.08. The maximum Gasteiger partial charge on any atom is 0.146 e. The summed E-state index contributed by atoms with van der Waals surface area (Å²) in [6.07, 6.45) is 1.66. The average Bonchev–Trinajstić information content (AvgIpc) is 1.97. The molecule has 0 aromatic rings. The lowest BCUT2D eigenvalue weighted by atomic mass is 10.1. The van der Waals surface area contributed by atoms with E-state index in [1.165, 1.54) is 6.92 Å². The molecule has 0 rings (SSSR count). The Balaban J connectivity index is 3.31. The van der Waals surface area contributed by atoms with Crippen molar-refractivity contribution in [2.45, 2.75) is 32.7 Å². The van der Waals surface area contributed by atoms with E-state index >= 15 is 0 Å². The van der Waals surface area contributed by atoms with Crippen LogP contribution >= 0.6 is 0 Å². The third-order valence-electron chi connectivity index (χ3n) is 1.64. The lowest BCUT2D eigenvalue weighted by Gasteiger charge is -2.08. The number of nitrogens with two attached hydrogens (primary N) is 1. The molecule has 0 amide bonds. The van der Waals surface area contributed by atoms with Crippen molar-refractivity contribution in [2.24, 2.45) is 5.73 Å². The Bertz CT molecular complexity index is 166. The standard InChI is InChI=1S/C9H18N2O/c1-7(2)11-6-4-5-9(10)8(3)12/h9,11H,1,4-6,10H2,2-3H3/t9-/m1/s1. The Hall–Kier alpha value is -0.830. The number of rotatable bonds is 6. The van der Waals surface area contributed by atoms with Crippen molar-refractivity contribution in [3.8, 4) is 0 Å². The van der Waals surface area contributed by atoms with Gasteiger partial charge in [-0.3, -0.25) is 4.79 Å². The minimum atomic E-state index is -0.295. The van der Waals surface area contributed by atoms with Gasteiger partial charge in [-0.1, -0.05) is 6.58 Å². The van der Waals surface area contributed by atoms with Crippen LogP contribution in [-0.4, -0.2) is 18.4 Å². The first-order valence-corrected chi connectivity index (χ1v) is 4.19. The fraction of sp³-hybridized carbons (Fsp3) is 0.667. The Labute approximate surface area is 74.0 Å². The number of hydrogen-bond acceptors (Lipinski definition) is 3. The minimum Gasteiger partial charge on any atom is -0.389 e. The maximum absolute atomic E-state index is 10.7. The highest BCUT2D eigenvalue weighted by molar-refractivity contribution is 5.80. The summed E-state index contributed by atoms with van der Waals surface area (Å²) in [6, 6.07) is -0.295. The van der Waals surface area contributed by atoms with E-state index in [9.17, 15) is 4.79 Å². The second-order valence-corrected chi connectivity index (χ2v) is 3.07. The largest absolute Gasteiger partial charge is 0.389 e. The van der Waals surface area contributed by atoms with Crippen LogP contribution in [0.1, 0.15) is 26.7 Å². The van der Waals surface area contributed by atoms with Gasteiger partial charge >= 0.3 is 0 Å². The molecule has 0 aliphatic heterocycles. The molecular formula is C9H18N2O. The second kappa shape index (κ2) is 5.77. The van der Waals surface area contributed by atoms with Gasteiger partial charge in [0.1, 0.15) is 5.78 Å². The molecule has 0 aliphatic rings. The molecule has 0 saturated heterocycles. The molecule has 3 N–H and O–H groups in total. The van der Waals surface area contributed by atoms with Crippen molar-refractivity contribution in [1.29, 1.82) is 0 Å². The summed E-state index contributed by atoms with van der Waals surface area (Å²) in [5.41, 5.74) is 6.48. The van der Waals surface area contributed by atoms with Crippen LogP contribution in [0, 0.1) is 0 Å². The highest BCUT2D eigenvalue weighted by Gasteiger charge is 2.06. The first-order chi connectivity index (χ1) is 5.54. The molecule has 0 aromatic carbocycles. The van der Waals surface area contributed by atoms with Crippen molar-refractivity contribution in [2.75, 3.05) is 6.54 Å². The maximum atomic E-state index is 10.7. The van der Waals surface area contributed by atoms with E-state index in [1.807, 2.05) is 6.92 Å². The van der Waals surface area contributed by atoms with Gasteiger partial charge in [0.05, 0.1) is 6.04 Å². The summed E-state index contributed by atoms with van der Waals surface area (Å²) < 4.78 is 0. The van der Waals surface area contributed by atoms with Gasteiger partial charge in [0.25, 0.3) is 0 Å². The molecule has 0 radical (unpaired) electrons. The number of nitrogens with one attached hydrogen (secondary N) is 1. The van der Waals surface area contributed by atoms with Crippen LogP contribution in [0.25, 0.3) is 0 Å². The molecule has 0 heterocycles. The zero-order valence-corrected chi connectivity index (χ0v) is 7.89. The van der Waals surface area contributed by atoms with Crippen LogP contribution in [-0.2, 0) is 4.79 Å². The Kier molecular flexibility index (Phi) is 5.37. The predicted molar refractivity (Wildman–Crippen MR) is 50.7 cm³/mol. The van der Waals surface area contributed by atoms with Gasteiger partial charge in [0, 0.05) is 12.2 Å². The van der Waals surface area contributed by atoms with Gasteiger partial charge in [-0.05, 0) is 26.7 Å². The third-order valence-corrected chi connectivity index (χ3v) is 1.64. The van der Waals surface area contributed by atoms with Crippen molar-refractivity contribution >= 4 is 5.78 Å². The van der Waals surface area contributed by atoms with Crippen LogP contribution in [0.4, 0.5) is 0 Å². The van der Waals surface area contributed by atoms with Gasteiger partial charge in [-0.25, -0.2) is 0 Å². The van der Waals surface area contributed by atoms with Crippen LogP contribution < -0.4 is 11.1 Å². The number of carbonyl (C=O) groups excluding carboxylic acids is 1. The minimum absolute atomic E-state index is 0.0605. The molecule has 0 bridgehead atoms. The Morgan fingerprint density at radius 1 is 1.58 bits per heavy atom. The molecule has 3 heteroatoms. The second-order valence-electron chi connectivity index (χ2n) is 3.07. The molecule has 0 aliphatic carbocycles. The van der Waals surface area contributed by atoms with Crippen molar-refractivity contribution in [1.82, 2.24) is 5.32 Å². The van der Waals surface area contributed by atoms with Crippen LogP contribution in [0.2, 0.25) is 0 Å². The molecule has 3 nitrogen and oxygen atoms in total. The normalized spacial score (nSPS) is 12.2. The summed E-state index contributed by atoms with van der Waals surface area (Å²) in [5.74, 6) is 0.0605. The highest BCUT2D eigenvalue weighted by atomic mass is 16.1. The van der Waals surface area contributed by atoms with Crippen molar-refractivity contribution in [3.05, 3.63) is 12.3 Å². The smallest absolute Gasteiger partial charge is 0.146 e. The van der Waals surface area contributed by atoms with E-state index in [0.717, 1.165) is 25.1 Å². The molecule has 1 atom stereocenters. The van der Waals surface area contributed by atoms with E-state index < -0.39 is 0 Å². The third kappa shape index (κ3) is 5.92. The highest BCUT2D eigenvalue weighted by Crippen LogP contribution is 1.94. The SMILES string of the molecule is C=C(C)NCCC[C@@H](N)C(C)=O. The summed E-state index contributed by atoms with van der Waals surface area (Å²) >= 11 is 0. The molecule has 0 saturated carbocycles. The Morgan fingerprint density at radius 2 is 2.17 bits per heavy atom. The van der Waals surface area contributed by atoms with Crippen LogP contribution in [0.3, 0.4) is 0 Å². The monoisotopic (exact) mass is 170 g/mol. The average molecular weight is 170 g/mol. The van der Waals surface area contributed by atoms with E-state index in [1.54, 1.807) is 0 Å². The van der Waals surface area contributed by atoms with Gasteiger partial charge in [-0.15, -0.1) is 0 Å². The lowest BCUT2D eigenvalue weighted by molar-refractivity contribution is -0.118. The summed E-state index contributed by atoms with van der Waals surface area (Å²) in [7, 11) is 0. The van der Waals surface area contributed by atoms with Crippen molar-refractivity contribution < 1.29 is 4.79 Å². The number of Topliss-reactive ketones (excluding diaryl/α,β-unsaturated/α-hetero) is 1. The zero-order chi connectivity index (χ0) is 9.56. The number of carbonyl (C=O) groups is 1. The molecule has 0 fully saturated rings. The van der Waals surface area contributed by atoms with E-state index in [4.69, 9.17) is 5.73 Å². The lowest BCUT2D eigenvalue weighted by Crippen LogP contribution is -2.29. The van der Waals surface area contributed by atoms with E-state index in [-0.39, 0.29) is 11.8 Å². The quantitative estimate of drug-likeness (QED) is 0.580. The fourth-order valence-electron chi connectivity index (χ4n) is 0.827. The first-order valence-electron chi connectivity index (χ1n) is 4.19. The summed E-state index contributed by atoms with van der Waals surface area (Å²) in [6.45, 7) is 7.97. The van der Waals surface area contributed by atoms with Gasteiger partial charge in [-0.2, -0.15) is 0 Å². The van der Waals surface area contributed by atoms with Gasteiger partial charge < -0.3 is 11.1 Å². The molecule has 0 unspecified atom stereocenters. The van der Waals surface area contributed by atoms with E-state index in [2.05, 4.69) is 11.9 Å². The molecule has 12 heavy (non-hydrogen) atoms. The molecular weight excluding hydrogens is 152 g/mol. The number of hydrogen-bond donors (Lipinski definition) is 2. The zero-order valence-electron chi connectivity index (χ0n) is 7.89.